The summed E-state index contributed by atoms with van der Waals surface area (Å²) in [5.41, 5.74) is 0. The Kier molecular flexibility index (Phi) is 5.44. The second-order valence-electron chi connectivity index (χ2n) is 5.95. The first-order chi connectivity index (χ1) is 7.93. The molecule has 1 heterocycles. The minimum absolute atomic E-state index is 0.0706. The third kappa shape index (κ3) is 3.98. The number of rotatable bonds is 5. The van der Waals surface area contributed by atoms with E-state index in [1.54, 1.807) is 0 Å². The quantitative estimate of drug-likeness (QED) is 0.803. The third-order valence-corrected chi connectivity index (χ3v) is 3.87. The lowest BCUT2D eigenvalue weighted by Gasteiger charge is -2.26. The van der Waals surface area contributed by atoms with E-state index >= 15 is 0 Å². The lowest BCUT2D eigenvalue weighted by molar-refractivity contribution is -0.131. The normalized spacial score (nSPS) is 24.9. The predicted octanol–water partition coefficient (Wildman–Crippen LogP) is 2.46. The molecule has 2 unspecified atom stereocenters. The molecule has 1 rings (SSSR count). The van der Waals surface area contributed by atoms with Crippen molar-refractivity contribution in [3.63, 3.8) is 0 Å². The number of carbonyl (C=O) groups is 1. The first-order valence-corrected chi connectivity index (χ1v) is 6.82. The number of carbonyl (C=O) groups excluding carboxylic acids is 1. The molecule has 1 amide bonds. The molecule has 0 bridgehead atoms. The fraction of sp³-hybridized carbons (Fsp3) is 0.929. The zero-order chi connectivity index (χ0) is 13.0. The van der Waals surface area contributed by atoms with Crippen molar-refractivity contribution >= 4 is 5.91 Å². The van der Waals surface area contributed by atoms with Crippen LogP contribution >= 0.6 is 0 Å². The summed E-state index contributed by atoms with van der Waals surface area (Å²) in [6, 6.07) is 0. The van der Waals surface area contributed by atoms with Crippen molar-refractivity contribution in [2.75, 3.05) is 13.2 Å². The fourth-order valence-electron chi connectivity index (χ4n) is 2.59. The minimum atomic E-state index is -0.227. The van der Waals surface area contributed by atoms with E-state index in [4.69, 9.17) is 4.74 Å². The maximum Gasteiger partial charge on any atom is 0.249 e. The lowest BCUT2D eigenvalue weighted by Crippen LogP contribution is -2.41. The monoisotopic (exact) mass is 241 g/mol. The molecule has 3 heteroatoms. The van der Waals surface area contributed by atoms with E-state index in [0.29, 0.717) is 23.7 Å². The summed E-state index contributed by atoms with van der Waals surface area (Å²) in [6.07, 6.45) is 0.769. The van der Waals surface area contributed by atoms with Crippen LogP contribution in [-0.4, -0.2) is 25.2 Å². The largest absolute Gasteiger partial charge is 0.368 e. The molecule has 1 N–H and O–H groups in total. The molecule has 0 spiro atoms. The van der Waals surface area contributed by atoms with Crippen LogP contribution in [0.2, 0.25) is 0 Å². The van der Waals surface area contributed by atoms with E-state index in [1.807, 2.05) is 0 Å². The minimum Gasteiger partial charge on any atom is -0.368 e. The van der Waals surface area contributed by atoms with Gasteiger partial charge in [0.2, 0.25) is 5.91 Å². The van der Waals surface area contributed by atoms with Crippen molar-refractivity contribution in [1.82, 2.24) is 5.32 Å². The molecule has 100 valence electrons. The van der Waals surface area contributed by atoms with Gasteiger partial charge < -0.3 is 10.1 Å². The first kappa shape index (κ1) is 14.5. The molecule has 0 saturated carbocycles. The third-order valence-electron chi connectivity index (χ3n) is 3.87. The lowest BCUT2D eigenvalue weighted by atomic mass is 9.85. The number of ether oxygens (including phenoxy) is 1. The SMILES string of the molecule is CC(C)C(CNC(=O)C1OCCC1C)C(C)C. The van der Waals surface area contributed by atoms with Crippen LogP contribution in [0.5, 0.6) is 0 Å². The van der Waals surface area contributed by atoms with Crippen molar-refractivity contribution < 1.29 is 9.53 Å². The zero-order valence-corrected chi connectivity index (χ0v) is 11.8. The average Bonchev–Trinajstić information content (AvgIpc) is 2.63. The van der Waals surface area contributed by atoms with Gasteiger partial charge in [0, 0.05) is 13.2 Å². The Morgan fingerprint density at radius 2 is 1.88 bits per heavy atom. The van der Waals surface area contributed by atoms with Crippen molar-refractivity contribution in [1.29, 1.82) is 0 Å². The van der Waals surface area contributed by atoms with Gasteiger partial charge in [-0.05, 0) is 30.1 Å². The highest BCUT2D eigenvalue weighted by atomic mass is 16.5. The second-order valence-corrected chi connectivity index (χ2v) is 5.95. The van der Waals surface area contributed by atoms with Gasteiger partial charge in [0.1, 0.15) is 6.10 Å². The topological polar surface area (TPSA) is 38.3 Å². The Morgan fingerprint density at radius 3 is 2.29 bits per heavy atom. The summed E-state index contributed by atoms with van der Waals surface area (Å²) in [7, 11) is 0. The van der Waals surface area contributed by atoms with Gasteiger partial charge in [0.15, 0.2) is 0 Å². The number of hydrogen-bond acceptors (Lipinski definition) is 2. The molecule has 0 aromatic rings. The predicted molar refractivity (Wildman–Crippen MR) is 69.7 cm³/mol. The van der Waals surface area contributed by atoms with E-state index in [2.05, 4.69) is 39.9 Å². The molecule has 2 atom stereocenters. The van der Waals surface area contributed by atoms with E-state index in [1.165, 1.54) is 0 Å². The molecule has 0 aromatic heterocycles. The van der Waals surface area contributed by atoms with Crippen molar-refractivity contribution in [3.05, 3.63) is 0 Å². The van der Waals surface area contributed by atoms with Crippen molar-refractivity contribution in [3.8, 4) is 0 Å². The van der Waals surface area contributed by atoms with E-state index in [0.717, 1.165) is 19.6 Å². The maximum atomic E-state index is 12.0. The summed E-state index contributed by atoms with van der Waals surface area (Å²) in [4.78, 5) is 12.0. The van der Waals surface area contributed by atoms with Gasteiger partial charge >= 0.3 is 0 Å². The van der Waals surface area contributed by atoms with Gasteiger partial charge in [-0.1, -0.05) is 34.6 Å². The Labute approximate surface area is 105 Å². The van der Waals surface area contributed by atoms with Crippen LogP contribution in [-0.2, 0) is 9.53 Å². The molecule has 0 radical (unpaired) electrons. The Bertz CT molecular complexity index is 243. The first-order valence-electron chi connectivity index (χ1n) is 6.82. The Hall–Kier alpha value is -0.570. The van der Waals surface area contributed by atoms with Crippen LogP contribution in [0.15, 0.2) is 0 Å². The van der Waals surface area contributed by atoms with Gasteiger partial charge in [-0.15, -0.1) is 0 Å². The summed E-state index contributed by atoms with van der Waals surface area (Å²) in [5, 5.41) is 3.05. The van der Waals surface area contributed by atoms with Crippen molar-refractivity contribution in [2.24, 2.45) is 23.7 Å². The molecule has 17 heavy (non-hydrogen) atoms. The van der Waals surface area contributed by atoms with Crippen LogP contribution in [0.4, 0.5) is 0 Å². The second kappa shape index (κ2) is 6.39. The molecule has 1 aliphatic rings. The fourth-order valence-corrected chi connectivity index (χ4v) is 2.59. The molecule has 0 aromatic carbocycles. The van der Waals surface area contributed by atoms with E-state index < -0.39 is 0 Å². The van der Waals surface area contributed by atoms with Crippen LogP contribution in [0.25, 0.3) is 0 Å². The molecular formula is C14H27NO2. The molecule has 1 saturated heterocycles. The zero-order valence-electron chi connectivity index (χ0n) is 11.8. The Balaban J connectivity index is 2.41. The molecular weight excluding hydrogens is 214 g/mol. The molecule has 1 fully saturated rings. The van der Waals surface area contributed by atoms with E-state index in [-0.39, 0.29) is 12.0 Å². The molecule has 0 aliphatic carbocycles. The molecule has 1 aliphatic heterocycles. The van der Waals surface area contributed by atoms with Gasteiger partial charge in [-0.25, -0.2) is 0 Å². The maximum absolute atomic E-state index is 12.0. The van der Waals surface area contributed by atoms with Gasteiger partial charge in [0.05, 0.1) is 0 Å². The van der Waals surface area contributed by atoms with Crippen LogP contribution < -0.4 is 5.32 Å². The average molecular weight is 241 g/mol. The van der Waals surface area contributed by atoms with E-state index in [9.17, 15) is 4.79 Å². The molecule has 3 nitrogen and oxygen atoms in total. The van der Waals surface area contributed by atoms with Gasteiger partial charge in [-0.2, -0.15) is 0 Å². The smallest absolute Gasteiger partial charge is 0.249 e. The van der Waals surface area contributed by atoms with Crippen LogP contribution in [0, 0.1) is 23.7 Å². The highest BCUT2D eigenvalue weighted by molar-refractivity contribution is 5.81. The highest BCUT2D eigenvalue weighted by Gasteiger charge is 2.31. The summed E-state index contributed by atoms with van der Waals surface area (Å²) < 4.78 is 5.47. The van der Waals surface area contributed by atoms with Crippen molar-refractivity contribution in [2.45, 2.75) is 47.1 Å². The highest BCUT2D eigenvalue weighted by Crippen LogP contribution is 2.22. The number of hydrogen-bond donors (Lipinski definition) is 1. The number of amides is 1. The van der Waals surface area contributed by atoms with Crippen LogP contribution in [0.1, 0.15) is 41.0 Å². The standard InChI is InChI=1S/C14H27NO2/c1-9(2)12(10(3)4)8-15-14(16)13-11(5)6-7-17-13/h9-13H,6-8H2,1-5H3,(H,15,16). The number of nitrogens with one attached hydrogen (secondary N) is 1. The van der Waals surface area contributed by atoms with Gasteiger partial charge in [-0.3, -0.25) is 4.79 Å². The Morgan fingerprint density at radius 1 is 1.29 bits per heavy atom. The summed E-state index contributed by atoms with van der Waals surface area (Å²) in [6.45, 7) is 12.4. The summed E-state index contributed by atoms with van der Waals surface area (Å²) >= 11 is 0. The van der Waals surface area contributed by atoms with Gasteiger partial charge in [0.25, 0.3) is 0 Å². The summed E-state index contributed by atoms with van der Waals surface area (Å²) in [5.74, 6) is 2.15. The van der Waals surface area contributed by atoms with Crippen LogP contribution in [0.3, 0.4) is 0 Å².